The third-order valence-corrected chi connectivity index (χ3v) is 3.56. The van der Waals surface area contributed by atoms with Gasteiger partial charge in [-0.15, -0.1) is 0 Å². The summed E-state index contributed by atoms with van der Waals surface area (Å²) < 4.78 is 7.37. The van der Waals surface area contributed by atoms with E-state index in [-0.39, 0.29) is 5.92 Å². The first kappa shape index (κ1) is 14.7. The van der Waals surface area contributed by atoms with Gasteiger partial charge in [0.2, 0.25) is 11.7 Å². The Morgan fingerprint density at radius 1 is 1.35 bits per heavy atom. The number of hydrogen-bond acceptors (Lipinski definition) is 5. The van der Waals surface area contributed by atoms with Crippen molar-refractivity contribution in [3.8, 4) is 11.5 Å². The fourth-order valence-corrected chi connectivity index (χ4v) is 2.57. The van der Waals surface area contributed by atoms with Crippen molar-refractivity contribution in [3.63, 3.8) is 0 Å². The van der Waals surface area contributed by atoms with Crippen LogP contribution in [0.2, 0.25) is 0 Å². The Morgan fingerprint density at radius 3 is 2.65 bits per heavy atom. The molecule has 0 aliphatic rings. The van der Waals surface area contributed by atoms with Gasteiger partial charge in [0.05, 0.1) is 18.4 Å². The van der Waals surface area contributed by atoms with E-state index >= 15 is 0 Å². The van der Waals surface area contributed by atoms with Crippen molar-refractivity contribution in [2.75, 3.05) is 6.54 Å². The average Bonchev–Trinajstić information content (AvgIpc) is 2.98. The Morgan fingerprint density at radius 2 is 2.10 bits per heavy atom. The van der Waals surface area contributed by atoms with Crippen molar-refractivity contribution in [1.82, 2.24) is 25.0 Å². The molecule has 0 saturated carbocycles. The second-order valence-corrected chi connectivity index (χ2v) is 5.46. The maximum Gasteiger partial charge on any atom is 0.231 e. The molecule has 2 heterocycles. The molecule has 0 bridgehead atoms. The molecule has 110 valence electrons. The molecular weight excluding hydrogens is 254 g/mol. The monoisotopic (exact) mass is 277 g/mol. The van der Waals surface area contributed by atoms with E-state index in [0.29, 0.717) is 23.7 Å². The van der Waals surface area contributed by atoms with Gasteiger partial charge in [0.25, 0.3) is 0 Å². The Bertz CT molecular complexity index is 545. The minimum absolute atomic E-state index is 0.199. The average molecular weight is 277 g/mol. The Balaban J connectivity index is 2.27. The van der Waals surface area contributed by atoms with Crippen molar-refractivity contribution in [2.24, 2.45) is 13.0 Å². The summed E-state index contributed by atoms with van der Waals surface area (Å²) in [6.45, 7) is 9.52. The molecule has 1 N–H and O–H groups in total. The van der Waals surface area contributed by atoms with Gasteiger partial charge in [-0.05, 0) is 19.4 Å². The minimum atomic E-state index is 0.199. The predicted molar refractivity (Wildman–Crippen MR) is 77.2 cm³/mol. The van der Waals surface area contributed by atoms with Crippen LogP contribution < -0.4 is 5.32 Å². The quantitative estimate of drug-likeness (QED) is 0.876. The highest BCUT2D eigenvalue weighted by atomic mass is 16.5. The van der Waals surface area contributed by atoms with E-state index in [1.807, 2.05) is 11.6 Å². The lowest BCUT2D eigenvalue weighted by Gasteiger charge is -2.24. The molecule has 0 saturated heterocycles. The zero-order valence-corrected chi connectivity index (χ0v) is 12.8. The topological polar surface area (TPSA) is 68.8 Å². The molecule has 0 aliphatic carbocycles. The molecule has 0 radical (unpaired) electrons. The second-order valence-electron chi connectivity index (χ2n) is 5.46. The molecule has 2 atom stereocenters. The van der Waals surface area contributed by atoms with Gasteiger partial charge in [-0.3, -0.25) is 0 Å². The Hall–Kier alpha value is -1.69. The smallest absolute Gasteiger partial charge is 0.231 e. The van der Waals surface area contributed by atoms with E-state index in [1.54, 1.807) is 12.5 Å². The first-order valence-electron chi connectivity index (χ1n) is 7.08. The van der Waals surface area contributed by atoms with Crippen LogP contribution in [-0.4, -0.2) is 32.3 Å². The zero-order chi connectivity index (χ0) is 14.7. The van der Waals surface area contributed by atoms with Crippen LogP contribution in [0.25, 0.3) is 11.5 Å². The molecule has 0 fully saturated rings. The van der Waals surface area contributed by atoms with E-state index in [0.717, 1.165) is 12.2 Å². The summed E-state index contributed by atoms with van der Waals surface area (Å²) in [5, 5.41) is 7.53. The fraction of sp³-hybridized carbons (Fsp3) is 0.643. The van der Waals surface area contributed by atoms with Crippen LogP contribution in [0.3, 0.4) is 0 Å². The van der Waals surface area contributed by atoms with Crippen molar-refractivity contribution in [1.29, 1.82) is 0 Å². The van der Waals surface area contributed by atoms with Crippen molar-refractivity contribution in [2.45, 2.75) is 39.7 Å². The third-order valence-electron chi connectivity index (χ3n) is 3.56. The number of likely N-dealkylation sites (N-methyl/N-ethyl adjacent to an activating group) is 1. The van der Waals surface area contributed by atoms with E-state index in [1.165, 1.54) is 0 Å². The molecule has 2 aromatic rings. The number of rotatable bonds is 6. The maximum atomic E-state index is 5.49. The number of nitrogens with one attached hydrogen (secondary N) is 1. The third kappa shape index (κ3) is 2.90. The first-order chi connectivity index (χ1) is 9.54. The first-order valence-corrected chi connectivity index (χ1v) is 7.08. The standard InChI is InChI=1S/C14H23N5O/c1-6-16-10(4)12(9(2)3)14-17-13(18-20-14)11-7-15-8-19(11)5/h7-10,12,16H,6H2,1-5H3. The maximum absolute atomic E-state index is 5.49. The van der Waals surface area contributed by atoms with Gasteiger partial charge in [-0.1, -0.05) is 25.9 Å². The predicted octanol–water partition coefficient (Wildman–Crippen LogP) is 2.21. The van der Waals surface area contributed by atoms with Crippen LogP contribution in [0, 0.1) is 5.92 Å². The molecule has 20 heavy (non-hydrogen) atoms. The normalized spacial score (nSPS) is 14.7. The van der Waals surface area contributed by atoms with E-state index in [9.17, 15) is 0 Å². The lowest BCUT2D eigenvalue weighted by atomic mass is 9.89. The van der Waals surface area contributed by atoms with Crippen LogP contribution in [0.5, 0.6) is 0 Å². The minimum Gasteiger partial charge on any atom is -0.339 e. The summed E-state index contributed by atoms with van der Waals surface area (Å²) in [6.07, 6.45) is 3.47. The summed E-state index contributed by atoms with van der Waals surface area (Å²) in [5.74, 6) is 1.90. The van der Waals surface area contributed by atoms with E-state index < -0.39 is 0 Å². The van der Waals surface area contributed by atoms with Gasteiger partial charge < -0.3 is 14.4 Å². The highest BCUT2D eigenvalue weighted by molar-refractivity contribution is 5.47. The van der Waals surface area contributed by atoms with Gasteiger partial charge in [-0.2, -0.15) is 4.98 Å². The molecule has 0 aromatic carbocycles. The van der Waals surface area contributed by atoms with E-state index in [2.05, 4.69) is 48.1 Å². The number of aryl methyl sites for hydroxylation is 1. The molecule has 6 nitrogen and oxygen atoms in total. The largest absolute Gasteiger partial charge is 0.339 e. The van der Waals surface area contributed by atoms with Crippen LogP contribution in [0.1, 0.15) is 39.5 Å². The van der Waals surface area contributed by atoms with Gasteiger partial charge in [0.1, 0.15) is 5.69 Å². The Kier molecular flexibility index (Phi) is 4.54. The molecule has 0 spiro atoms. The highest BCUT2D eigenvalue weighted by Crippen LogP contribution is 2.28. The SMILES string of the molecule is CCNC(C)C(c1nc(-c2cncn2C)no1)C(C)C. The van der Waals surface area contributed by atoms with Crippen LogP contribution in [0.15, 0.2) is 17.0 Å². The molecule has 2 unspecified atom stereocenters. The molecule has 2 aromatic heterocycles. The van der Waals surface area contributed by atoms with Crippen LogP contribution >= 0.6 is 0 Å². The van der Waals surface area contributed by atoms with Gasteiger partial charge in [0.15, 0.2) is 0 Å². The highest BCUT2D eigenvalue weighted by Gasteiger charge is 2.28. The molecular formula is C14H23N5O. The van der Waals surface area contributed by atoms with E-state index in [4.69, 9.17) is 4.52 Å². The lowest BCUT2D eigenvalue weighted by molar-refractivity contribution is 0.281. The van der Waals surface area contributed by atoms with Crippen molar-refractivity contribution in [3.05, 3.63) is 18.4 Å². The summed E-state index contributed by atoms with van der Waals surface area (Å²) >= 11 is 0. The van der Waals surface area contributed by atoms with Crippen LogP contribution in [-0.2, 0) is 7.05 Å². The van der Waals surface area contributed by atoms with Gasteiger partial charge >= 0.3 is 0 Å². The molecule has 0 amide bonds. The summed E-state index contributed by atoms with van der Waals surface area (Å²) in [5.41, 5.74) is 0.860. The summed E-state index contributed by atoms with van der Waals surface area (Å²) in [6, 6.07) is 0.292. The van der Waals surface area contributed by atoms with Crippen molar-refractivity contribution < 1.29 is 4.52 Å². The number of nitrogens with zero attached hydrogens (tertiary/aromatic N) is 4. The molecule has 0 aliphatic heterocycles. The van der Waals surface area contributed by atoms with Crippen LogP contribution in [0.4, 0.5) is 0 Å². The van der Waals surface area contributed by atoms with Gasteiger partial charge in [0, 0.05) is 13.1 Å². The summed E-state index contributed by atoms with van der Waals surface area (Å²) in [4.78, 5) is 8.64. The molecule has 2 rings (SSSR count). The lowest BCUT2D eigenvalue weighted by Crippen LogP contribution is -2.34. The number of aromatic nitrogens is 4. The number of imidazole rings is 1. The number of hydrogen-bond donors (Lipinski definition) is 1. The Labute approximate surface area is 119 Å². The van der Waals surface area contributed by atoms with Crippen molar-refractivity contribution >= 4 is 0 Å². The molecule has 6 heteroatoms. The fourth-order valence-electron chi connectivity index (χ4n) is 2.57. The summed E-state index contributed by atoms with van der Waals surface area (Å²) in [7, 11) is 1.92. The van der Waals surface area contributed by atoms with Gasteiger partial charge in [-0.25, -0.2) is 4.98 Å². The zero-order valence-electron chi connectivity index (χ0n) is 12.8. The second kappa shape index (κ2) is 6.17.